The summed E-state index contributed by atoms with van der Waals surface area (Å²) in [5, 5.41) is 9.41. The summed E-state index contributed by atoms with van der Waals surface area (Å²) in [6.07, 6.45) is 4.23. The molecular formula is C15H26N3O5S+. The van der Waals surface area contributed by atoms with Crippen LogP contribution in [-0.4, -0.2) is 79.6 Å². The molecule has 8 nitrogen and oxygen atoms in total. The third-order valence-corrected chi connectivity index (χ3v) is 4.55. The summed E-state index contributed by atoms with van der Waals surface area (Å²) < 4.78 is 32.4. The number of pyridine rings is 1. The number of hydrogen-bond acceptors (Lipinski definition) is 5. The molecule has 9 heteroatoms. The molecule has 0 spiro atoms. The molecule has 0 atom stereocenters. The molecule has 1 aromatic rings. The van der Waals surface area contributed by atoms with Crippen LogP contribution in [-0.2, 0) is 10.1 Å². The van der Waals surface area contributed by atoms with Crippen molar-refractivity contribution in [1.29, 1.82) is 0 Å². The number of nitrogens with one attached hydrogen (secondary N) is 1. The Morgan fingerprint density at radius 2 is 2.00 bits per heavy atom. The fourth-order valence-corrected chi connectivity index (χ4v) is 2.90. The molecule has 0 aliphatic rings. The number of aliphatic hydroxyl groups is 1. The zero-order valence-electron chi connectivity index (χ0n) is 14.1. The van der Waals surface area contributed by atoms with Gasteiger partial charge in [0.05, 0.1) is 37.3 Å². The Balaban J connectivity index is 2.44. The number of aromatic nitrogens is 1. The van der Waals surface area contributed by atoms with E-state index in [1.54, 1.807) is 24.5 Å². The summed E-state index contributed by atoms with van der Waals surface area (Å²) in [6.45, 7) is 1.28. The van der Waals surface area contributed by atoms with Gasteiger partial charge < -0.3 is 19.0 Å². The highest BCUT2D eigenvalue weighted by atomic mass is 32.2. The molecule has 24 heavy (non-hydrogen) atoms. The van der Waals surface area contributed by atoms with Gasteiger partial charge in [-0.3, -0.25) is 4.79 Å². The van der Waals surface area contributed by atoms with E-state index >= 15 is 0 Å². The highest BCUT2D eigenvalue weighted by Gasteiger charge is 2.19. The molecule has 0 unspecified atom stereocenters. The summed E-state index contributed by atoms with van der Waals surface area (Å²) in [5.41, 5.74) is 0.473. The average Bonchev–Trinajstić information content (AvgIpc) is 2.50. The fraction of sp³-hybridized carbons (Fsp3) is 0.600. The number of H-pyrrole nitrogens is 1. The largest absolute Gasteiger partial charge is 0.748 e. The minimum absolute atomic E-state index is 0.253. The average molecular weight is 360 g/mol. The maximum absolute atomic E-state index is 12.3. The van der Waals surface area contributed by atoms with Crippen molar-refractivity contribution in [3.05, 3.63) is 30.1 Å². The maximum atomic E-state index is 12.3. The molecule has 0 radical (unpaired) electrons. The molecule has 136 valence electrons. The van der Waals surface area contributed by atoms with Crippen LogP contribution in [0.4, 0.5) is 0 Å². The Kier molecular flexibility index (Phi) is 7.74. The van der Waals surface area contributed by atoms with E-state index in [1.165, 1.54) is 4.90 Å². The standard InChI is InChI=1S/C15H25N3O5S/c1-18(2,10-5-11-24(21,22)23)9-4-8-17(13-19)15(20)14-6-3-7-16-12-14/h3,6-7,12,19H,4-5,8-11,13H2,1-2H3/p+1. The van der Waals surface area contributed by atoms with Gasteiger partial charge in [0.25, 0.3) is 5.91 Å². The highest BCUT2D eigenvalue weighted by Crippen LogP contribution is 2.06. The van der Waals surface area contributed by atoms with E-state index in [1.807, 2.05) is 14.1 Å². The Bertz CT molecular complexity index is 619. The molecule has 0 saturated heterocycles. The minimum Gasteiger partial charge on any atom is -0.748 e. The van der Waals surface area contributed by atoms with Gasteiger partial charge in [0, 0.05) is 31.2 Å². The van der Waals surface area contributed by atoms with E-state index in [4.69, 9.17) is 0 Å². The third-order valence-electron chi connectivity index (χ3n) is 3.76. The lowest BCUT2D eigenvalue weighted by Crippen LogP contribution is -2.43. The summed E-state index contributed by atoms with van der Waals surface area (Å²) >= 11 is 0. The number of amides is 1. The minimum atomic E-state index is -4.18. The Morgan fingerprint density at radius 1 is 1.33 bits per heavy atom. The maximum Gasteiger partial charge on any atom is 0.261 e. The van der Waals surface area contributed by atoms with Crippen molar-refractivity contribution < 1.29 is 32.3 Å². The van der Waals surface area contributed by atoms with E-state index in [2.05, 4.69) is 4.98 Å². The number of carbonyl (C=O) groups excluding carboxylic acids is 1. The summed E-state index contributed by atoms with van der Waals surface area (Å²) in [6, 6.07) is 3.39. The fourth-order valence-electron chi connectivity index (χ4n) is 2.42. The molecule has 1 amide bonds. The van der Waals surface area contributed by atoms with Gasteiger partial charge in [-0.15, -0.1) is 0 Å². The molecule has 0 aliphatic carbocycles. The number of quaternary nitrogens is 1. The zero-order chi connectivity index (χ0) is 18.2. The van der Waals surface area contributed by atoms with Crippen LogP contribution >= 0.6 is 0 Å². The molecule has 0 bridgehead atoms. The molecule has 0 aromatic carbocycles. The number of aliphatic hydroxyl groups excluding tert-OH is 1. The van der Waals surface area contributed by atoms with E-state index < -0.39 is 10.1 Å². The molecule has 0 fully saturated rings. The Labute approximate surface area is 143 Å². The second kappa shape index (κ2) is 9.07. The number of carbonyl (C=O) groups is 1. The smallest absolute Gasteiger partial charge is 0.261 e. The van der Waals surface area contributed by atoms with E-state index in [0.29, 0.717) is 42.5 Å². The first-order valence-electron chi connectivity index (χ1n) is 7.76. The molecule has 1 aromatic heterocycles. The normalized spacial score (nSPS) is 12.2. The number of rotatable bonds is 10. The van der Waals surface area contributed by atoms with Gasteiger partial charge in [-0.25, -0.2) is 13.4 Å². The van der Waals surface area contributed by atoms with Crippen molar-refractivity contribution in [2.24, 2.45) is 0 Å². The summed E-state index contributed by atoms with van der Waals surface area (Å²) in [4.78, 5) is 16.4. The van der Waals surface area contributed by atoms with E-state index in [0.717, 1.165) is 0 Å². The monoisotopic (exact) mass is 360 g/mol. The van der Waals surface area contributed by atoms with Gasteiger partial charge in [0.1, 0.15) is 12.3 Å². The SMILES string of the molecule is C[N+](C)(CCCN(CO)C(=O)c1ccc[nH+]c1)CCCS(=O)(=O)[O-]. The Morgan fingerprint density at radius 3 is 2.54 bits per heavy atom. The van der Waals surface area contributed by atoms with Gasteiger partial charge in [-0.1, -0.05) is 0 Å². The van der Waals surface area contributed by atoms with Crippen molar-refractivity contribution in [1.82, 2.24) is 4.90 Å². The van der Waals surface area contributed by atoms with Crippen molar-refractivity contribution in [3.63, 3.8) is 0 Å². The second-order valence-corrected chi connectivity index (χ2v) is 7.88. The first kappa shape index (κ1) is 20.5. The second-order valence-electron chi connectivity index (χ2n) is 6.35. The number of hydrogen-bond donors (Lipinski definition) is 1. The van der Waals surface area contributed by atoms with Crippen LogP contribution < -0.4 is 4.98 Å². The van der Waals surface area contributed by atoms with Crippen LogP contribution in [0.3, 0.4) is 0 Å². The van der Waals surface area contributed by atoms with Gasteiger partial charge in [-0.05, 0) is 6.07 Å². The summed E-state index contributed by atoms with van der Waals surface area (Å²) in [5.74, 6) is -0.613. The Hall–Kier alpha value is -1.55. The van der Waals surface area contributed by atoms with Crippen molar-refractivity contribution in [2.75, 3.05) is 46.2 Å². The van der Waals surface area contributed by atoms with Gasteiger partial charge in [0.2, 0.25) is 0 Å². The first-order valence-corrected chi connectivity index (χ1v) is 9.34. The van der Waals surface area contributed by atoms with Crippen LogP contribution in [0.25, 0.3) is 0 Å². The predicted molar refractivity (Wildman–Crippen MR) is 86.8 cm³/mol. The number of nitrogens with zero attached hydrogens (tertiary/aromatic N) is 2. The van der Waals surface area contributed by atoms with E-state index in [-0.39, 0.29) is 18.4 Å². The van der Waals surface area contributed by atoms with Gasteiger partial charge >= 0.3 is 0 Å². The van der Waals surface area contributed by atoms with Gasteiger partial charge in [0.15, 0.2) is 12.4 Å². The van der Waals surface area contributed by atoms with Crippen LogP contribution in [0.2, 0.25) is 0 Å². The lowest BCUT2D eigenvalue weighted by Gasteiger charge is -2.31. The third kappa shape index (κ3) is 7.82. The van der Waals surface area contributed by atoms with Crippen molar-refractivity contribution >= 4 is 16.0 Å². The van der Waals surface area contributed by atoms with Crippen molar-refractivity contribution in [2.45, 2.75) is 12.8 Å². The topological polar surface area (TPSA) is 112 Å². The van der Waals surface area contributed by atoms with E-state index in [9.17, 15) is 22.9 Å². The molecule has 2 N–H and O–H groups in total. The predicted octanol–water partition coefficient (Wildman–Crippen LogP) is -0.705. The number of aromatic amines is 1. The van der Waals surface area contributed by atoms with Crippen LogP contribution in [0.15, 0.2) is 24.5 Å². The van der Waals surface area contributed by atoms with Crippen LogP contribution in [0.1, 0.15) is 23.2 Å². The quantitative estimate of drug-likeness (QED) is 0.337. The summed E-state index contributed by atoms with van der Waals surface area (Å²) in [7, 11) is -0.297. The van der Waals surface area contributed by atoms with Crippen LogP contribution in [0.5, 0.6) is 0 Å². The molecule has 1 heterocycles. The van der Waals surface area contributed by atoms with Gasteiger partial charge in [-0.2, -0.15) is 0 Å². The molecule has 0 saturated carbocycles. The lowest BCUT2D eigenvalue weighted by atomic mass is 10.2. The molecular weight excluding hydrogens is 334 g/mol. The van der Waals surface area contributed by atoms with Crippen LogP contribution in [0, 0.1) is 0 Å². The van der Waals surface area contributed by atoms with Crippen molar-refractivity contribution in [3.8, 4) is 0 Å². The zero-order valence-corrected chi connectivity index (χ0v) is 15.0. The first-order chi connectivity index (χ1) is 11.1. The highest BCUT2D eigenvalue weighted by molar-refractivity contribution is 7.85. The lowest BCUT2D eigenvalue weighted by molar-refractivity contribution is -0.890. The molecule has 0 aliphatic heterocycles. The molecule has 1 rings (SSSR count).